The molecule has 0 amide bonds. The van der Waals surface area contributed by atoms with Gasteiger partial charge in [0, 0.05) is 40.2 Å². The summed E-state index contributed by atoms with van der Waals surface area (Å²) in [6.07, 6.45) is 5.32. The summed E-state index contributed by atoms with van der Waals surface area (Å²) in [6.45, 7) is 4.87. The molecule has 0 aliphatic carbocycles. The van der Waals surface area contributed by atoms with Gasteiger partial charge in [0.2, 0.25) is 0 Å². The first-order valence-electron chi connectivity index (χ1n) is 7.14. The average molecular weight is 330 g/mol. The second-order valence-electron chi connectivity index (χ2n) is 4.83. The molecule has 1 aromatic heterocycles. The molecule has 1 heterocycles. The topological polar surface area (TPSA) is 75.0 Å². The van der Waals surface area contributed by atoms with Gasteiger partial charge in [-0.15, -0.1) is 0 Å². The molecule has 0 fully saturated rings. The van der Waals surface area contributed by atoms with Crippen molar-refractivity contribution in [1.82, 2.24) is 9.55 Å². The number of ether oxygens (including phenoxy) is 1. The maximum Gasteiger partial charge on any atom is 0.500 e. The largest absolute Gasteiger partial charge is 0.500 e. The van der Waals surface area contributed by atoms with Crippen LogP contribution in [0.1, 0.15) is 12.1 Å². The summed E-state index contributed by atoms with van der Waals surface area (Å²) < 4.78 is 23.3. The Balaban J connectivity index is 2.19. The molecule has 0 saturated heterocycles. The van der Waals surface area contributed by atoms with Gasteiger partial charge in [0.1, 0.15) is 0 Å². The number of nitrogens with zero attached hydrogens (tertiary/aromatic N) is 2. The third-order valence-electron chi connectivity index (χ3n) is 3.30. The van der Waals surface area contributed by atoms with Crippen LogP contribution >= 0.6 is 0 Å². The Kier molecular flexibility index (Phi) is 8.54. The van der Waals surface area contributed by atoms with E-state index >= 15 is 0 Å². The van der Waals surface area contributed by atoms with Crippen molar-refractivity contribution in [3.63, 3.8) is 0 Å². The minimum Gasteiger partial charge on any atom is -0.389 e. The van der Waals surface area contributed by atoms with Gasteiger partial charge in [-0.2, -0.15) is 0 Å². The van der Waals surface area contributed by atoms with Gasteiger partial charge in [0.05, 0.1) is 31.3 Å². The predicted octanol–water partition coefficient (Wildman–Crippen LogP) is 1.17. The summed E-state index contributed by atoms with van der Waals surface area (Å²) in [5, 5.41) is 9.92. The molecular weight excluding hydrogens is 304 g/mol. The highest BCUT2D eigenvalue weighted by atomic mass is 28.4. The monoisotopic (exact) mass is 330 g/mol. The van der Waals surface area contributed by atoms with Crippen LogP contribution in [-0.2, 0) is 24.6 Å². The van der Waals surface area contributed by atoms with Gasteiger partial charge in [0.15, 0.2) is 0 Å². The zero-order chi connectivity index (χ0) is 16.4. The van der Waals surface area contributed by atoms with E-state index < -0.39 is 14.9 Å². The lowest BCUT2D eigenvalue weighted by Gasteiger charge is -2.24. The van der Waals surface area contributed by atoms with Gasteiger partial charge in [-0.1, -0.05) is 6.58 Å². The Morgan fingerprint density at radius 1 is 1.36 bits per heavy atom. The first-order chi connectivity index (χ1) is 10.6. The van der Waals surface area contributed by atoms with E-state index in [4.69, 9.17) is 18.0 Å². The van der Waals surface area contributed by atoms with E-state index in [0.29, 0.717) is 19.2 Å². The molecule has 0 saturated carbocycles. The van der Waals surface area contributed by atoms with Gasteiger partial charge in [-0.25, -0.2) is 4.98 Å². The highest BCUT2D eigenvalue weighted by Crippen LogP contribution is 2.14. The molecule has 22 heavy (non-hydrogen) atoms. The molecule has 1 aromatic rings. The molecule has 7 nitrogen and oxygen atoms in total. The number of aromatic nitrogens is 2. The van der Waals surface area contributed by atoms with Crippen LogP contribution < -0.4 is 0 Å². The van der Waals surface area contributed by atoms with E-state index in [9.17, 15) is 5.11 Å². The number of hydrogen-bond donors (Lipinski definition) is 1. The Hall–Kier alpha value is -1.03. The van der Waals surface area contributed by atoms with E-state index in [1.165, 1.54) is 0 Å². The molecule has 0 bridgehead atoms. The zero-order valence-corrected chi connectivity index (χ0v) is 14.5. The van der Waals surface area contributed by atoms with Crippen molar-refractivity contribution in [3.8, 4) is 0 Å². The fourth-order valence-corrected chi connectivity index (χ4v) is 3.73. The maximum atomic E-state index is 9.92. The highest BCUT2D eigenvalue weighted by molar-refractivity contribution is 6.60. The van der Waals surface area contributed by atoms with Gasteiger partial charge < -0.3 is 27.7 Å². The zero-order valence-electron chi connectivity index (χ0n) is 13.5. The van der Waals surface area contributed by atoms with Crippen LogP contribution in [0.15, 0.2) is 19.1 Å². The summed E-state index contributed by atoms with van der Waals surface area (Å²) in [6, 6.07) is 0.677. The van der Waals surface area contributed by atoms with Crippen molar-refractivity contribution in [3.05, 3.63) is 24.8 Å². The van der Waals surface area contributed by atoms with Crippen LogP contribution in [0.3, 0.4) is 0 Å². The lowest BCUT2D eigenvalue weighted by atomic mass is 10.3. The van der Waals surface area contributed by atoms with Gasteiger partial charge in [-0.05, 0) is 12.5 Å². The van der Waals surface area contributed by atoms with Crippen LogP contribution in [-0.4, -0.2) is 64.1 Å². The lowest BCUT2D eigenvalue weighted by molar-refractivity contribution is 0.0266. The summed E-state index contributed by atoms with van der Waals surface area (Å²) in [5.74, 6) is 0. The molecule has 1 unspecified atom stereocenters. The normalized spacial score (nSPS) is 13.3. The van der Waals surface area contributed by atoms with Gasteiger partial charge in [0.25, 0.3) is 0 Å². The number of rotatable bonds is 12. The minimum absolute atomic E-state index is 0.267. The van der Waals surface area contributed by atoms with Crippen molar-refractivity contribution in [2.24, 2.45) is 0 Å². The third-order valence-corrected chi connectivity index (χ3v) is 6.13. The molecule has 126 valence electrons. The van der Waals surface area contributed by atoms with E-state index in [1.807, 2.05) is 10.8 Å². The second kappa shape index (κ2) is 9.88. The molecular formula is C14H26N2O5Si. The predicted molar refractivity (Wildman–Crippen MR) is 85.3 cm³/mol. The number of aliphatic hydroxyl groups is 1. The number of aliphatic hydroxyl groups excluding tert-OH is 1. The summed E-state index contributed by atoms with van der Waals surface area (Å²) >= 11 is 0. The smallest absolute Gasteiger partial charge is 0.389 e. The molecule has 1 N–H and O–H groups in total. The molecule has 1 rings (SSSR count). The van der Waals surface area contributed by atoms with Crippen LogP contribution in [0.25, 0.3) is 6.08 Å². The highest BCUT2D eigenvalue weighted by Gasteiger charge is 2.36. The Morgan fingerprint density at radius 3 is 2.59 bits per heavy atom. The van der Waals surface area contributed by atoms with E-state index in [2.05, 4.69) is 11.6 Å². The van der Waals surface area contributed by atoms with Crippen molar-refractivity contribution in [2.45, 2.75) is 25.1 Å². The third kappa shape index (κ3) is 5.99. The molecule has 0 radical (unpaired) electrons. The lowest BCUT2D eigenvalue weighted by Crippen LogP contribution is -2.42. The van der Waals surface area contributed by atoms with Crippen LogP contribution in [0, 0.1) is 0 Å². The molecule has 0 aromatic carbocycles. The SMILES string of the molecule is C=Cc1cn(CC(O)COCCC[Si](OC)(OC)OC)cn1. The molecule has 8 heteroatoms. The van der Waals surface area contributed by atoms with Crippen LogP contribution in [0.5, 0.6) is 0 Å². The van der Waals surface area contributed by atoms with Crippen molar-refractivity contribution < 1.29 is 23.1 Å². The van der Waals surface area contributed by atoms with Crippen LogP contribution in [0.4, 0.5) is 0 Å². The van der Waals surface area contributed by atoms with Gasteiger partial charge in [-0.3, -0.25) is 0 Å². The standard InChI is InChI=1S/C14H26N2O5Si/c1-5-13-9-16(12-15-13)10-14(17)11-21-7-6-8-22(18-2,19-3)20-4/h5,9,12,14,17H,1,6-8,10-11H2,2-4H3. The summed E-state index contributed by atoms with van der Waals surface area (Å²) in [7, 11) is 2.25. The second-order valence-corrected chi connectivity index (χ2v) is 7.92. The summed E-state index contributed by atoms with van der Waals surface area (Å²) in [5.41, 5.74) is 0.785. The molecule has 0 spiro atoms. The van der Waals surface area contributed by atoms with Crippen molar-refractivity contribution in [1.29, 1.82) is 0 Å². The van der Waals surface area contributed by atoms with Gasteiger partial charge >= 0.3 is 8.80 Å². The Morgan fingerprint density at radius 2 is 2.05 bits per heavy atom. The fraction of sp³-hybridized carbons (Fsp3) is 0.643. The Bertz CT molecular complexity index is 428. The maximum absolute atomic E-state index is 9.92. The molecule has 0 aliphatic heterocycles. The van der Waals surface area contributed by atoms with E-state index in [-0.39, 0.29) is 6.61 Å². The quantitative estimate of drug-likeness (QED) is 0.458. The summed E-state index contributed by atoms with van der Waals surface area (Å²) in [4.78, 5) is 4.11. The average Bonchev–Trinajstić information content (AvgIpc) is 2.99. The molecule has 0 aliphatic rings. The minimum atomic E-state index is -2.52. The molecule has 1 atom stereocenters. The van der Waals surface area contributed by atoms with Crippen LogP contribution in [0.2, 0.25) is 6.04 Å². The van der Waals surface area contributed by atoms with Crippen molar-refractivity contribution >= 4 is 14.9 Å². The fourth-order valence-electron chi connectivity index (χ4n) is 2.04. The van der Waals surface area contributed by atoms with Crippen molar-refractivity contribution in [2.75, 3.05) is 34.5 Å². The van der Waals surface area contributed by atoms with E-state index in [0.717, 1.165) is 12.1 Å². The van der Waals surface area contributed by atoms with E-state index in [1.54, 1.807) is 33.7 Å². The first-order valence-corrected chi connectivity index (χ1v) is 9.07. The first kappa shape index (κ1) is 19.0. The number of imidazole rings is 1. The number of hydrogen-bond acceptors (Lipinski definition) is 6. The Labute approximate surface area is 132 Å².